The predicted molar refractivity (Wildman–Crippen MR) is 104 cm³/mol. The zero-order valence-electron chi connectivity index (χ0n) is 15.6. The monoisotopic (exact) mass is 354 g/mol. The number of nitrogens with one attached hydrogen (secondary N) is 2. The molecule has 0 atom stereocenters. The van der Waals surface area contributed by atoms with Gasteiger partial charge in [0, 0.05) is 37.1 Å². The molecule has 0 fully saturated rings. The van der Waals surface area contributed by atoms with Gasteiger partial charge in [0.2, 0.25) is 0 Å². The Morgan fingerprint density at radius 1 is 1.00 bits per heavy atom. The third kappa shape index (κ3) is 5.17. The zero-order valence-corrected chi connectivity index (χ0v) is 15.6. The number of rotatable bonds is 8. The number of aryl methyl sites for hydroxylation is 2. The van der Waals surface area contributed by atoms with E-state index >= 15 is 0 Å². The van der Waals surface area contributed by atoms with Crippen molar-refractivity contribution < 1.29 is 14.3 Å². The smallest absolute Gasteiger partial charge is 0.255 e. The van der Waals surface area contributed by atoms with Crippen LogP contribution >= 0.6 is 0 Å². The molecule has 0 heterocycles. The second kappa shape index (κ2) is 9.73. The van der Waals surface area contributed by atoms with E-state index in [1.807, 2.05) is 25.1 Å². The second-order valence-corrected chi connectivity index (χ2v) is 6.10. The summed E-state index contributed by atoms with van der Waals surface area (Å²) in [6.45, 7) is 5.20. The van der Waals surface area contributed by atoms with Crippen LogP contribution in [0.3, 0.4) is 0 Å². The summed E-state index contributed by atoms with van der Waals surface area (Å²) in [7, 11) is 1.63. The molecule has 0 spiro atoms. The number of para-hydroxylation sites is 1. The Kier molecular flexibility index (Phi) is 7.36. The summed E-state index contributed by atoms with van der Waals surface area (Å²) in [5.41, 5.74) is 4.05. The molecule has 0 saturated heterocycles. The fourth-order valence-corrected chi connectivity index (χ4v) is 2.68. The van der Waals surface area contributed by atoms with E-state index in [-0.39, 0.29) is 11.8 Å². The number of carbonyl (C=O) groups is 2. The lowest BCUT2D eigenvalue weighted by atomic mass is 10.0. The van der Waals surface area contributed by atoms with Crippen LogP contribution in [0.25, 0.3) is 0 Å². The maximum atomic E-state index is 12.5. The Balaban J connectivity index is 2.02. The van der Waals surface area contributed by atoms with Crippen molar-refractivity contribution in [2.75, 3.05) is 25.6 Å². The van der Waals surface area contributed by atoms with Crippen LogP contribution in [0.2, 0.25) is 0 Å². The summed E-state index contributed by atoms with van der Waals surface area (Å²) in [5, 5.41) is 5.81. The number of anilines is 1. The molecule has 5 nitrogen and oxygen atoms in total. The number of amides is 2. The number of hydrogen-bond donors (Lipinski definition) is 2. The van der Waals surface area contributed by atoms with Gasteiger partial charge in [0.05, 0.1) is 0 Å². The fraction of sp³-hybridized carbons (Fsp3) is 0.333. The van der Waals surface area contributed by atoms with E-state index in [2.05, 4.69) is 17.6 Å². The second-order valence-electron chi connectivity index (χ2n) is 6.10. The summed E-state index contributed by atoms with van der Waals surface area (Å²) < 4.78 is 4.95. The lowest BCUT2D eigenvalue weighted by Gasteiger charge is -2.13. The third-order valence-electron chi connectivity index (χ3n) is 4.20. The van der Waals surface area contributed by atoms with Crippen LogP contribution in [0.4, 0.5) is 5.69 Å². The molecule has 0 aliphatic carbocycles. The number of methoxy groups -OCH3 is 1. The highest BCUT2D eigenvalue weighted by atomic mass is 16.5. The largest absolute Gasteiger partial charge is 0.385 e. The summed E-state index contributed by atoms with van der Waals surface area (Å²) in [6.07, 6.45) is 1.61. The van der Waals surface area contributed by atoms with Crippen LogP contribution in [0.1, 0.15) is 45.2 Å². The van der Waals surface area contributed by atoms with Crippen molar-refractivity contribution >= 4 is 17.5 Å². The molecule has 0 radical (unpaired) electrons. The molecule has 0 aromatic heterocycles. The quantitative estimate of drug-likeness (QED) is 0.712. The summed E-state index contributed by atoms with van der Waals surface area (Å²) in [4.78, 5) is 24.6. The van der Waals surface area contributed by atoms with Crippen molar-refractivity contribution in [1.82, 2.24) is 5.32 Å². The molecular formula is C21H26N2O3. The molecule has 2 aromatic carbocycles. The summed E-state index contributed by atoms with van der Waals surface area (Å²) in [5.74, 6) is -0.332. The highest BCUT2D eigenvalue weighted by Crippen LogP contribution is 2.22. The van der Waals surface area contributed by atoms with E-state index in [0.29, 0.717) is 24.3 Å². The Morgan fingerprint density at radius 2 is 1.65 bits per heavy atom. The molecular weight excluding hydrogens is 328 g/mol. The maximum absolute atomic E-state index is 12.5. The van der Waals surface area contributed by atoms with Gasteiger partial charge in [-0.3, -0.25) is 9.59 Å². The van der Waals surface area contributed by atoms with E-state index in [1.54, 1.807) is 31.4 Å². The molecule has 2 N–H and O–H groups in total. The van der Waals surface area contributed by atoms with Gasteiger partial charge in [0.25, 0.3) is 11.8 Å². The van der Waals surface area contributed by atoms with Gasteiger partial charge in [-0.2, -0.15) is 0 Å². The summed E-state index contributed by atoms with van der Waals surface area (Å²) in [6, 6.07) is 12.7. The van der Waals surface area contributed by atoms with Crippen LogP contribution in [-0.4, -0.2) is 32.1 Å². The standard InChI is InChI=1S/C21H26N2O3/c1-4-16-8-5-7-15(2)19(16)23-21(25)18-11-9-17(10-12-18)20(24)22-13-6-14-26-3/h5,7-12H,4,6,13-14H2,1-3H3,(H,22,24)(H,23,25). The highest BCUT2D eigenvalue weighted by Gasteiger charge is 2.12. The topological polar surface area (TPSA) is 67.4 Å². The minimum Gasteiger partial charge on any atom is -0.385 e. The van der Waals surface area contributed by atoms with Gasteiger partial charge in [-0.15, -0.1) is 0 Å². The first-order valence-corrected chi connectivity index (χ1v) is 8.83. The molecule has 0 aliphatic rings. The molecule has 138 valence electrons. The van der Waals surface area contributed by atoms with E-state index in [9.17, 15) is 9.59 Å². The van der Waals surface area contributed by atoms with Crippen molar-refractivity contribution in [2.45, 2.75) is 26.7 Å². The Bertz CT molecular complexity index is 754. The molecule has 2 aromatic rings. The number of ether oxygens (including phenoxy) is 1. The average molecular weight is 354 g/mol. The maximum Gasteiger partial charge on any atom is 0.255 e. The van der Waals surface area contributed by atoms with Crippen LogP contribution < -0.4 is 10.6 Å². The van der Waals surface area contributed by atoms with Crippen molar-refractivity contribution in [1.29, 1.82) is 0 Å². The molecule has 2 rings (SSSR count). The van der Waals surface area contributed by atoms with Gasteiger partial charge in [0.1, 0.15) is 0 Å². The zero-order chi connectivity index (χ0) is 18.9. The van der Waals surface area contributed by atoms with Crippen molar-refractivity contribution in [2.24, 2.45) is 0 Å². The number of hydrogen-bond acceptors (Lipinski definition) is 3. The fourth-order valence-electron chi connectivity index (χ4n) is 2.68. The first-order valence-electron chi connectivity index (χ1n) is 8.83. The van der Waals surface area contributed by atoms with Crippen molar-refractivity contribution in [3.63, 3.8) is 0 Å². The number of benzene rings is 2. The van der Waals surface area contributed by atoms with Gasteiger partial charge in [-0.25, -0.2) is 0 Å². The first kappa shape index (κ1) is 19.7. The first-order chi connectivity index (χ1) is 12.6. The van der Waals surface area contributed by atoms with Crippen molar-refractivity contribution in [3.05, 3.63) is 64.7 Å². The highest BCUT2D eigenvalue weighted by molar-refractivity contribution is 6.05. The van der Waals surface area contributed by atoms with Gasteiger partial charge >= 0.3 is 0 Å². The molecule has 0 unspecified atom stereocenters. The Morgan fingerprint density at radius 3 is 2.27 bits per heavy atom. The Labute approximate surface area is 154 Å². The van der Waals surface area contributed by atoms with Crippen LogP contribution in [0, 0.1) is 6.92 Å². The van der Waals surface area contributed by atoms with Crippen LogP contribution in [0.5, 0.6) is 0 Å². The molecule has 0 bridgehead atoms. The minimum absolute atomic E-state index is 0.153. The third-order valence-corrected chi connectivity index (χ3v) is 4.20. The lowest BCUT2D eigenvalue weighted by Crippen LogP contribution is -2.25. The molecule has 26 heavy (non-hydrogen) atoms. The van der Waals surface area contributed by atoms with Gasteiger partial charge in [-0.05, 0) is 55.2 Å². The van der Waals surface area contributed by atoms with Gasteiger partial charge in [-0.1, -0.05) is 25.1 Å². The molecule has 0 saturated carbocycles. The van der Waals surface area contributed by atoms with Crippen LogP contribution in [0.15, 0.2) is 42.5 Å². The molecule has 5 heteroatoms. The SMILES string of the molecule is CCc1cccc(C)c1NC(=O)c1ccc(C(=O)NCCCOC)cc1. The van der Waals surface area contributed by atoms with E-state index in [4.69, 9.17) is 4.74 Å². The number of carbonyl (C=O) groups excluding carboxylic acids is 2. The Hall–Kier alpha value is -2.66. The van der Waals surface area contributed by atoms with E-state index in [1.165, 1.54) is 0 Å². The van der Waals surface area contributed by atoms with E-state index in [0.717, 1.165) is 29.7 Å². The minimum atomic E-state index is -0.180. The molecule has 0 aliphatic heterocycles. The van der Waals surface area contributed by atoms with Crippen molar-refractivity contribution in [3.8, 4) is 0 Å². The average Bonchev–Trinajstić information content (AvgIpc) is 2.66. The van der Waals surface area contributed by atoms with Crippen LogP contribution in [-0.2, 0) is 11.2 Å². The normalized spacial score (nSPS) is 10.4. The van der Waals surface area contributed by atoms with Gasteiger partial charge < -0.3 is 15.4 Å². The van der Waals surface area contributed by atoms with E-state index < -0.39 is 0 Å². The van der Waals surface area contributed by atoms with Gasteiger partial charge in [0.15, 0.2) is 0 Å². The molecule has 2 amide bonds. The lowest BCUT2D eigenvalue weighted by molar-refractivity contribution is 0.0947. The summed E-state index contributed by atoms with van der Waals surface area (Å²) >= 11 is 0. The predicted octanol–water partition coefficient (Wildman–Crippen LogP) is 3.58.